The second-order valence-electron chi connectivity index (χ2n) is 6.27. The lowest BCUT2D eigenvalue weighted by Gasteiger charge is -2.34. The number of halogens is 1. The van der Waals surface area contributed by atoms with Crippen LogP contribution < -0.4 is 10.6 Å². The van der Waals surface area contributed by atoms with E-state index in [0.717, 1.165) is 42.9 Å². The molecule has 1 aliphatic rings. The van der Waals surface area contributed by atoms with Crippen LogP contribution in [0.3, 0.4) is 0 Å². The third-order valence-electron chi connectivity index (χ3n) is 4.24. The van der Waals surface area contributed by atoms with Crippen LogP contribution >= 0.6 is 15.9 Å². The van der Waals surface area contributed by atoms with Gasteiger partial charge in [0.05, 0.1) is 13.2 Å². The first-order chi connectivity index (χ1) is 12.6. The van der Waals surface area contributed by atoms with Crippen molar-refractivity contribution in [2.75, 3.05) is 64.8 Å². The molecular weight excluding hydrogens is 400 g/mol. The van der Waals surface area contributed by atoms with Crippen LogP contribution in [0.4, 0.5) is 5.69 Å². The van der Waals surface area contributed by atoms with Crippen LogP contribution in [0.2, 0.25) is 0 Å². The first-order valence-corrected chi connectivity index (χ1v) is 9.62. The van der Waals surface area contributed by atoms with Gasteiger partial charge in [-0.3, -0.25) is 14.5 Å². The van der Waals surface area contributed by atoms with Crippen molar-refractivity contribution < 1.29 is 14.3 Å². The number of ether oxygens (including phenoxy) is 1. The second kappa shape index (κ2) is 11.3. The number of methoxy groups -OCH3 is 1. The number of nitrogens with one attached hydrogen (secondary N) is 2. The maximum atomic E-state index is 12.1. The Hall–Kier alpha value is -1.48. The second-order valence-corrected chi connectivity index (χ2v) is 7.18. The Bertz CT molecular complexity index is 574. The van der Waals surface area contributed by atoms with Crippen molar-refractivity contribution in [1.29, 1.82) is 0 Å². The zero-order valence-electron chi connectivity index (χ0n) is 15.2. The smallest absolute Gasteiger partial charge is 0.234 e. The summed E-state index contributed by atoms with van der Waals surface area (Å²) in [6.45, 7) is 5.65. The highest BCUT2D eigenvalue weighted by Crippen LogP contribution is 2.14. The lowest BCUT2D eigenvalue weighted by atomic mass is 10.2. The number of nitrogens with zero attached hydrogens (tertiary/aromatic N) is 2. The molecule has 0 atom stereocenters. The molecule has 1 saturated heterocycles. The van der Waals surface area contributed by atoms with Gasteiger partial charge in [-0.05, 0) is 24.3 Å². The number of hydrogen-bond donors (Lipinski definition) is 2. The summed E-state index contributed by atoms with van der Waals surface area (Å²) in [4.78, 5) is 28.3. The number of anilines is 1. The Labute approximate surface area is 163 Å². The lowest BCUT2D eigenvalue weighted by molar-refractivity contribution is -0.122. The molecule has 8 heteroatoms. The number of benzene rings is 1. The predicted octanol–water partition coefficient (Wildman–Crippen LogP) is 1.16. The van der Waals surface area contributed by atoms with Crippen LogP contribution in [0.5, 0.6) is 0 Å². The van der Waals surface area contributed by atoms with Gasteiger partial charge >= 0.3 is 0 Å². The van der Waals surface area contributed by atoms with Gasteiger partial charge in [-0.1, -0.05) is 15.9 Å². The normalized spacial score (nSPS) is 15.6. The summed E-state index contributed by atoms with van der Waals surface area (Å²) >= 11 is 3.38. The zero-order valence-corrected chi connectivity index (χ0v) is 16.8. The molecule has 0 aliphatic carbocycles. The number of carbonyl (C=O) groups excluding carboxylic acids is 2. The van der Waals surface area contributed by atoms with Crippen LogP contribution in [0.15, 0.2) is 28.7 Å². The molecular formula is C18H27BrN4O3. The van der Waals surface area contributed by atoms with Crippen LogP contribution in [0.1, 0.15) is 6.42 Å². The third kappa shape index (κ3) is 7.82. The minimum atomic E-state index is 0.0206. The molecule has 0 spiro atoms. The van der Waals surface area contributed by atoms with Crippen molar-refractivity contribution in [3.8, 4) is 0 Å². The number of carbonyl (C=O) groups is 2. The largest absolute Gasteiger partial charge is 0.383 e. The molecule has 2 amide bonds. The number of piperazine rings is 1. The van der Waals surface area contributed by atoms with E-state index in [1.54, 1.807) is 7.11 Å². The molecule has 26 heavy (non-hydrogen) atoms. The summed E-state index contributed by atoms with van der Waals surface area (Å²) in [5.41, 5.74) is 0.808. The highest BCUT2D eigenvalue weighted by molar-refractivity contribution is 9.10. The fourth-order valence-electron chi connectivity index (χ4n) is 2.74. The van der Waals surface area contributed by atoms with Crippen LogP contribution in [0.25, 0.3) is 0 Å². The number of rotatable bonds is 9. The van der Waals surface area contributed by atoms with E-state index >= 15 is 0 Å². The van der Waals surface area contributed by atoms with Crippen molar-refractivity contribution in [2.45, 2.75) is 6.42 Å². The molecule has 0 bridgehead atoms. The van der Waals surface area contributed by atoms with Crippen molar-refractivity contribution in [3.05, 3.63) is 28.7 Å². The van der Waals surface area contributed by atoms with Gasteiger partial charge in [-0.25, -0.2) is 0 Å². The van der Waals surface area contributed by atoms with Gasteiger partial charge in [-0.15, -0.1) is 0 Å². The lowest BCUT2D eigenvalue weighted by Crippen LogP contribution is -2.50. The molecule has 1 aliphatic heterocycles. The molecule has 1 fully saturated rings. The van der Waals surface area contributed by atoms with Crippen LogP contribution in [-0.2, 0) is 14.3 Å². The fourth-order valence-corrected chi connectivity index (χ4v) is 3.00. The molecule has 1 heterocycles. The summed E-state index contributed by atoms with van der Waals surface area (Å²) < 4.78 is 5.90. The first-order valence-electron chi connectivity index (χ1n) is 8.82. The highest BCUT2D eigenvalue weighted by atomic mass is 79.9. The number of hydrogen-bond acceptors (Lipinski definition) is 5. The first kappa shape index (κ1) is 20.8. The summed E-state index contributed by atoms with van der Waals surface area (Å²) in [7, 11) is 1.62. The van der Waals surface area contributed by atoms with Gasteiger partial charge < -0.3 is 20.3 Å². The molecule has 0 unspecified atom stereocenters. The molecule has 0 aromatic heterocycles. The molecule has 2 rings (SSSR count). The van der Waals surface area contributed by atoms with Gasteiger partial charge in [0.1, 0.15) is 0 Å². The van der Waals surface area contributed by atoms with Crippen molar-refractivity contribution in [1.82, 2.24) is 15.1 Å². The topological polar surface area (TPSA) is 73.9 Å². The van der Waals surface area contributed by atoms with Crippen molar-refractivity contribution in [3.63, 3.8) is 0 Å². The SMILES string of the molecule is COCCNC(=O)CN1CCN(CCC(=O)Nc2ccc(Br)cc2)CC1. The van der Waals surface area contributed by atoms with Crippen LogP contribution in [-0.4, -0.2) is 81.1 Å². The van der Waals surface area contributed by atoms with Crippen molar-refractivity contribution >= 4 is 33.4 Å². The van der Waals surface area contributed by atoms with E-state index in [1.807, 2.05) is 24.3 Å². The Morgan fingerprint density at radius 1 is 1.08 bits per heavy atom. The summed E-state index contributed by atoms with van der Waals surface area (Å²) in [6.07, 6.45) is 0.466. The zero-order chi connectivity index (χ0) is 18.8. The fraction of sp³-hybridized carbons (Fsp3) is 0.556. The third-order valence-corrected chi connectivity index (χ3v) is 4.77. The van der Waals surface area contributed by atoms with E-state index in [-0.39, 0.29) is 11.8 Å². The summed E-state index contributed by atoms with van der Waals surface area (Å²) in [5, 5.41) is 5.74. The Morgan fingerprint density at radius 2 is 1.73 bits per heavy atom. The molecule has 144 valence electrons. The van der Waals surface area contributed by atoms with Gasteiger partial charge in [0.25, 0.3) is 0 Å². The molecule has 0 radical (unpaired) electrons. The predicted molar refractivity (Wildman–Crippen MR) is 105 cm³/mol. The van der Waals surface area contributed by atoms with E-state index in [2.05, 4.69) is 36.4 Å². The maximum absolute atomic E-state index is 12.1. The molecule has 2 N–H and O–H groups in total. The Kier molecular flexibility index (Phi) is 9.04. The van der Waals surface area contributed by atoms with Gasteiger partial charge in [0, 0.05) is 63.0 Å². The van der Waals surface area contributed by atoms with E-state index < -0.39 is 0 Å². The standard InChI is InChI=1S/C18H27BrN4O3/c1-26-13-7-20-18(25)14-23-11-9-22(10-12-23)8-6-17(24)21-16-4-2-15(19)3-5-16/h2-5H,6-14H2,1H3,(H,20,25)(H,21,24). The maximum Gasteiger partial charge on any atom is 0.234 e. The Balaban J connectivity index is 1.60. The van der Waals surface area contributed by atoms with E-state index in [1.165, 1.54) is 0 Å². The quantitative estimate of drug-likeness (QED) is 0.579. The molecule has 1 aromatic carbocycles. The van der Waals surface area contributed by atoms with Gasteiger partial charge in [-0.2, -0.15) is 0 Å². The minimum Gasteiger partial charge on any atom is -0.383 e. The van der Waals surface area contributed by atoms with Crippen molar-refractivity contribution in [2.24, 2.45) is 0 Å². The summed E-state index contributed by atoms with van der Waals surface area (Å²) in [6, 6.07) is 7.55. The Morgan fingerprint density at radius 3 is 2.38 bits per heavy atom. The minimum absolute atomic E-state index is 0.0206. The van der Waals surface area contributed by atoms with E-state index in [0.29, 0.717) is 26.1 Å². The van der Waals surface area contributed by atoms with Gasteiger partial charge in [0.15, 0.2) is 0 Å². The molecule has 0 saturated carbocycles. The average molecular weight is 427 g/mol. The van der Waals surface area contributed by atoms with Crippen LogP contribution in [0, 0.1) is 0 Å². The molecule has 7 nitrogen and oxygen atoms in total. The number of amides is 2. The van der Waals surface area contributed by atoms with E-state index in [4.69, 9.17) is 4.74 Å². The van der Waals surface area contributed by atoms with Gasteiger partial charge in [0.2, 0.25) is 11.8 Å². The van der Waals surface area contributed by atoms with E-state index in [9.17, 15) is 9.59 Å². The average Bonchev–Trinajstić information content (AvgIpc) is 2.63. The monoisotopic (exact) mass is 426 g/mol. The highest BCUT2D eigenvalue weighted by Gasteiger charge is 2.19. The summed E-state index contributed by atoms with van der Waals surface area (Å²) in [5.74, 6) is 0.0525. The molecule has 1 aromatic rings.